The predicted molar refractivity (Wildman–Crippen MR) is 116 cm³/mol. The molecule has 0 fully saturated rings. The molecule has 4 aromatic rings. The summed E-state index contributed by atoms with van der Waals surface area (Å²) in [7, 11) is 3.98. The van der Waals surface area contributed by atoms with E-state index < -0.39 is 0 Å². The smallest absolute Gasteiger partial charge is 0.275 e. The zero-order chi connectivity index (χ0) is 20.2. The van der Waals surface area contributed by atoms with Gasteiger partial charge in [0.25, 0.3) is 5.91 Å². The van der Waals surface area contributed by atoms with Crippen LogP contribution in [-0.4, -0.2) is 35.0 Å². The Kier molecular flexibility index (Phi) is 5.03. The van der Waals surface area contributed by atoms with Gasteiger partial charge in [0.05, 0.1) is 23.6 Å². The second-order valence-electron chi connectivity index (χ2n) is 6.69. The first-order chi connectivity index (χ1) is 14.1. The van der Waals surface area contributed by atoms with E-state index in [0.717, 1.165) is 22.3 Å². The van der Waals surface area contributed by atoms with Gasteiger partial charge < -0.3 is 15.5 Å². The van der Waals surface area contributed by atoms with Crippen molar-refractivity contribution in [2.75, 3.05) is 29.6 Å². The van der Waals surface area contributed by atoms with Crippen molar-refractivity contribution in [2.45, 2.75) is 0 Å². The Balaban J connectivity index is 1.46. The lowest BCUT2D eigenvalue weighted by Crippen LogP contribution is -2.14. The average Bonchev–Trinajstić information content (AvgIpc) is 2.75. The number of anilines is 4. The molecule has 0 spiro atoms. The van der Waals surface area contributed by atoms with Crippen LogP contribution in [0.25, 0.3) is 10.9 Å². The van der Waals surface area contributed by atoms with Crippen LogP contribution in [0.4, 0.5) is 22.9 Å². The fraction of sp³-hybridized carbons (Fsp3) is 0.0909. The number of nitrogens with one attached hydrogen (secondary N) is 2. The number of carbonyl (C=O) groups excluding carboxylic acids is 1. The molecule has 7 nitrogen and oxygen atoms in total. The van der Waals surface area contributed by atoms with Crippen molar-refractivity contribution in [3.63, 3.8) is 0 Å². The van der Waals surface area contributed by atoms with Crippen LogP contribution in [-0.2, 0) is 0 Å². The Bertz CT molecular complexity index is 1130. The average molecular weight is 384 g/mol. The van der Waals surface area contributed by atoms with Gasteiger partial charge in [0.15, 0.2) is 0 Å². The first-order valence-corrected chi connectivity index (χ1v) is 9.12. The standard InChI is InChI=1S/C22H20N6O/c1-28(2)17-10-8-16(9-11-17)26-20-14-24-19(13-25-20)22(29)27-18-7-3-5-15-6-4-12-23-21(15)18/h3-14H,1-2H3,(H,25,26)(H,27,29). The van der Waals surface area contributed by atoms with Gasteiger partial charge in [0.1, 0.15) is 11.5 Å². The Morgan fingerprint density at radius 2 is 1.69 bits per heavy atom. The molecule has 2 N–H and O–H groups in total. The molecule has 0 radical (unpaired) electrons. The summed E-state index contributed by atoms with van der Waals surface area (Å²) < 4.78 is 0. The zero-order valence-electron chi connectivity index (χ0n) is 16.1. The molecule has 2 aromatic carbocycles. The highest BCUT2D eigenvalue weighted by molar-refractivity contribution is 6.07. The molecule has 29 heavy (non-hydrogen) atoms. The number of amides is 1. The largest absolute Gasteiger partial charge is 0.378 e. The number of para-hydroxylation sites is 1. The summed E-state index contributed by atoms with van der Waals surface area (Å²) in [6.07, 6.45) is 4.68. The van der Waals surface area contributed by atoms with E-state index in [4.69, 9.17) is 0 Å². The second kappa shape index (κ2) is 7.93. The highest BCUT2D eigenvalue weighted by Crippen LogP contribution is 2.21. The summed E-state index contributed by atoms with van der Waals surface area (Å²) in [6.45, 7) is 0. The monoisotopic (exact) mass is 384 g/mol. The first-order valence-electron chi connectivity index (χ1n) is 9.12. The van der Waals surface area contributed by atoms with Gasteiger partial charge in [-0.2, -0.15) is 0 Å². The maximum atomic E-state index is 12.6. The normalized spacial score (nSPS) is 10.6. The maximum absolute atomic E-state index is 12.6. The Morgan fingerprint density at radius 1 is 0.897 bits per heavy atom. The Labute approximate surface area is 168 Å². The number of fused-ring (bicyclic) bond motifs is 1. The van der Waals surface area contributed by atoms with Gasteiger partial charge in [-0.1, -0.05) is 18.2 Å². The van der Waals surface area contributed by atoms with Crippen LogP contribution >= 0.6 is 0 Å². The van der Waals surface area contributed by atoms with E-state index in [1.54, 1.807) is 6.20 Å². The van der Waals surface area contributed by atoms with Crippen LogP contribution in [0.15, 0.2) is 73.2 Å². The van der Waals surface area contributed by atoms with E-state index in [1.165, 1.54) is 12.4 Å². The summed E-state index contributed by atoms with van der Waals surface area (Å²) in [5.41, 5.74) is 3.60. The van der Waals surface area contributed by atoms with Crippen molar-refractivity contribution in [2.24, 2.45) is 0 Å². The molecule has 0 atom stereocenters. The van der Waals surface area contributed by atoms with Crippen LogP contribution in [0.2, 0.25) is 0 Å². The topological polar surface area (TPSA) is 83.0 Å². The molecule has 0 saturated carbocycles. The van der Waals surface area contributed by atoms with Gasteiger partial charge in [-0.15, -0.1) is 0 Å². The Hall–Kier alpha value is -4.00. The van der Waals surface area contributed by atoms with E-state index in [9.17, 15) is 4.79 Å². The number of pyridine rings is 1. The molecule has 7 heteroatoms. The van der Waals surface area contributed by atoms with Crippen LogP contribution in [0.5, 0.6) is 0 Å². The minimum Gasteiger partial charge on any atom is -0.378 e. The van der Waals surface area contributed by atoms with Gasteiger partial charge in [-0.3, -0.25) is 9.78 Å². The molecule has 0 aliphatic heterocycles. The van der Waals surface area contributed by atoms with E-state index in [-0.39, 0.29) is 11.6 Å². The quantitative estimate of drug-likeness (QED) is 0.539. The SMILES string of the molecule is CN(C)c1ccc(Nc2cnc(C(=O)Nc3cccc4cccnc34)cn2)cc1. The maximum Gasteiger partial charge on any atom is 0.275 e. The third-order valence-corrected chi connectivity index (χ3v) is 4.42. The molecule has 2 aromatic heterocycles. The minimum atomic E-state index is -0.336. The van der Waals surface area contributed by atoms with Gasteiger partial charge in [-0.05, 0) is 36.4 Å². The number of hydrogen-bond donors (Lipinski definition) is 2. The fourth-order valence-electron chi connectivity index (χ4n) is 2.89. The lowest BCUT2D eigenvalue weighted by Gasteiger charge is -2.13. The van der Waals surface area contributed by atoms with Gasteiger partial charge in [0, 0.05) is 37.1 Å². The molecule has 144 valence electrons. The van der Waals surface area contributed by atoms with Crippen LogP contribution in [0.1, 0.15) is 10.5 Å². The highest BCUT2D eigenvalue weighted by Gasteiger charge is 2.11. The van der Waals surface area contributed by atoms with E-state index >= 15 is 0 Å². The summed E-state index contributed by atoms with van der Waals surface area (Å²) in [5, 5.41) is 6.99. The van der Waals surface area contributed by atoms with Gasteiger partial charge in [-0.25, -0.2) is 9.97 Å². The van der Waals surface area contributed by atoms with E-state index in [0.29, 0.717) is 11.5 Å². The second-order valence-corrected chi connectivity index (χ2v) is 6.69. The molecule has 0 bridgehead atoms. The van der Waals surface area contributed by atoms with Crippen molar-refractivity contribution < 1.29 is 4.79 Å². The molecule has 0 aliphatic carbocycles. The van der Waals surface area contributed by atoms with Crippen LogP contribution in [0, 0.1) is 0 Å². The molecule has 4 rings (SSSR count). The van der Waals surface area contributed by atoms with Gasteiger partial charge in [0.2, 0.25) is 0 Å². The highest BCUT2D eigenvalue weighted by atomic mass is 16.1. The lowest BCUT2D eigenvalue weighted by atomic mass is 10.2. The summed E-state index contributed by atoms with van der Waals surface area (Å²) in [5.74, 6) is 0.225. The lowest BCUT2D eigenvalue weighted by molar-refractivity contribution is 0.102. The number of benzene rings is 2. The zero-order valence-corrected chi connectivity index (χ0v) is 16.1. The van der Waals surface area contributed by atoms with E-state index in [2.05, 4.69) is 25.6 Å². The summed E-state index contributed by atoms with van der Waals surface area (Å²) in [6, 6.07) is 17.4. The van der Waals surface area contributed by atoms with Crippen LogP contribution < -0.4 is 15.5 Å². The minimum absolute atomic E-state index is 0.228. The first kappa shape index (κ1) is 18.4. The van der Waals surface area contributed by atoms with Crippen molar-refractivity contribution in [3.05, 3.63) is 78.9 Å². The summed E-state index contributed by atoms with van der Waals surface area (Å²) in [4.78, 5) is 27.5. The molecular formula is C22H20N6O. The number of nitrogens with zero attached hydrogens (tertiary/aromatic N) is 4. The van der Waals surface area contributed by atoms with Crippen molar-refractivity contribution in [3.8, 4) is 0 Å². The van der Waals surface area contributed by atoms with Crippen molar-refractivity contribution >= 4 is 39.7 Å². The fourth-order valence-corrected chi connectivity index (χ4v) is 2.89. The third-order valence-electron chi connectivity index (χ3n) is 4.42. The van der Waals surface area contributed by atoms with Crippen LogP contribution in [0.3, 0.4) is 0 Å². The number of hydrogen-bond acceptors (Lipinski definition) is 6. The molecule has 0 saturated heterocycles. The number of aromatic nitrogens is 3. The molecule has 0 unspecified atom stereocenters. The molecule has 1 amide bonds. The molecule has 2 heterocycles. The molecular weight excluding hydrogens is 364 g/mol. The number of carbonyl (C=O) groups is 1. The third kappa shape index (κ3) is 4.14. The molecule has 0 aliphatic rings. The van der Waals surface area contributed by atoms with Gasteiger partial charge >= 0.3 is 0 Å². The van der Waals surface area contributed by atoms with E-state index in [1.807, 2.05) is 73.6 Å². The summed E-state index contributed by atoms with van der Waals surface area (Å²) >= 11 is 0. The van der Waals surface area contributed by atoms with Crippen molar-refractivity contribution in [1.29, 1.82) is 0 Å². The van der Waals surface area contributed by atoms with Crippen molar-refractivity contribution in [1.82, 2.24) is 15.0 Å². The predicted octanol–water partition coefficient (Wildman–Crippen LogP) is 4.09. The Morgan fingerprint density at radius 3 is 2.41 bits per heavy atom. The number of rotatable bonds is 5.